The van der Waals surface area contributed by atoms with Gasteiger partial charge < -0.3 is 0 Å². The van der Waals surface area contributed by atoms with Crippen LogP contribution in [0.1, 0.15) is 20.8 Å². The third-order valence-electron chi connectivity index (χ3n) is 1.61. The van der Waals surface area contributed by atoms with Gasteiger partial charge in [0.05, 0.1) is 0 Å². The van der Waals surface area contributed by atoms with Gasteiger partial charge in [-0.05, 0) is 0 Å². The van der Waals surface area contributed by atoms with Gasteiger partial charge in [0.25, 0.3) is 0 Å². The second-order valence-corrected chi connectivity index (χ2v) is 10.3. The van der Waals surface area contributed by atoms with Crippen LogP contribution in [0.5, 0.6) is 0 Å². The van der Waals surface area contributed by atoms with Crippen molar-refractivity contribution in [2.24, 2.45) is 0 Å². The van der Waals surface area contributed by atoms with Crippen LogP contribution in [-0.4, -0.2) is 49.7 Å². The maximum atomic E-state index is 11.4. The molecule has 0 aliphatic heterocycles. The van der Waals surface area contributed by atoms with Crippen LogP contribution in [0.15, 0.2) is 0 Å². The van der Waals surface area contributed by atoms with E-state index in [0.717, 1.165) is 0 Å². The van der Waals surface area contributed by atoms with Crippen LogP contribution in [0, 0.1) is 0 Å². The Morgan fingerprint density at radius 1 is 0.737 bits per heavy atom. The first kappa shape index (κ1) is 19.5. The summed E-state index contributed by atoms with van der Waals surface area (Å²) in [7, 11) is 0. The molecule has 10 heteroatoms. The molecular formula is C9H12Br3GaO6. The average Bonchev–Trinajstić information content (AvgIpc) is 2.27. The van der Waals surface area contributed by atoms with Crippen LogP contribution in [-0.2, 0) is 25.0 Å². The monoisotopic (exact) mass is 522 g/mol. The van der Waals surface area contributed by atoms with Crippen molar-refractivity contribution in [1.82, 2.24) is 0 Å². The molecule has 0 radical (unpaired) electrons. The molecule has 0 saturated heterocycles. The molecule has 0 fully saturated rings. The van der Waals surface area contributed by atoms with Crippen molar-refractivity contribution in [2.45, 2.75) is 35.3 Å². The Bertz CT molecular complexity index is 295. The van der Waals surface area contributed by atoms with Gasteiger partial charge in [-0.2, -0.15) is 0 Å². The molecule has 0 aromatic rings. The predicted molar refractivity (Wildman–Crippen MR) is 79.2 cm³/mol. The second-order valence-electron chi connectivity index (χ2n) is 3.45. The van der Waals surface area contributed by atoms with Gasteiger partial charge in [0.1, 0.15) is 0 Å². The zero-order valence-corrected chi connectivity index (χ0v) is 17.6. The summed E-state index contributed by atoms with van der Waals surface area (Å²) in [6.45, 7) is 4.64. The molecule has 0 amide bonds. The second kappa shape index (κ2) is 9.43. The van der Waals surface area contributed by atoms with E-state index < -0.39 is 49.7 Å². The first-order chi connectivity index (χ1) is 8.65. The van der Waals surface area contributed by atoms with Crippen molar-refractivity contribution in [3.8, 4) is 0 Å². The summed E-state index contributed by atoms with van der Waals surface area (Å²) in [5.41, 5.74) is 0. The van der Waals surface area contributed by atoms with Gasteiger partial charge in [-0.25, -0.2) is 0 Å². The summed E-state index contributed by atoms with van der Waals surface area (Å²) in [5, 5.41) is 0. The van der Waals surface area contributed by atoms with Crippen molar-refractivity contribution in [1.29, 1.82) is 0 Å². The summed E-state index contributed by atoms with van der Waals surface area (Å²) < 4.78 is 14.8. The Labute approximate surface area is 142 Å². The van der Waals surface area contributed by atoms with Gasteiger partial charge in [-0.3, -0.25) is 0 Å². The summed E-state index contributed by atoms with van der Waals surface area (Å²) in [6, 6.07) is 0. The fourth-order valence-corrected chi connectivity index (χ4v) is 5.00. The van der Waals surface area contributed by atoms with E-state index >= 15 is 0 Å². The molecular weight excluding hydrogens is 514 g/mol. The number of halogens is 3. The Kier molecular flexibility index (Phi) is 9.67. The minimum atomic E-state index is -3.74. The quantitative estimate of drug-likeness (QED) is 0.390. The van der Waals surface area contributed by atoms with E-state index in [1.165, 1.54) is 0 Å². The van der Waals surface area contributed by atoms with Gasteiger partial charge in [-0.1, -0.05) is 0 Å². The van der Waals surface area contributed by atoms with E-state index in [2.05, 4.69) is 47.8 Å². The van der Waals surface area contributed by atoms with E-state index in [1.54, 1.807) is 20.8 Å². The first-order valence-corrected chi connectivity index (χ1v) is 10.9. The van der Waals surface area contributed by atoms with Crippen molar-refractivity contribution in [3.05, 3.63) is 0 Å². The Hall–Kier alpha value is 0.486. The van der Waals surface area contributed by atoms with E-state index in [1.807, 2.05) is 0 Å². The molecule has 0 aliphatic carbocycles. The van der Waals surface area contributed by atoms with Gasteiger partial charge in [0.15, 0.2) is 0 Å². The normalized spacial score (nSPS) is 14.8. The number of rotatable bonds is 6. The zero-order valence-electron chi connectivity index (χ0n) is 10.4. The molecule has 3 unspecified atom stereocenters. The van der Waals surface area contributed by atoms with Crippen molar-refractivity contribution in [2.75, 3.05) is 0 Å². The number of hydrogen-bond acceptors (Lipinski definition) is 6. The molecule has 0 saturated carbocycles. The fraction of sp³-hybridized carbons (Fsp3) is 0.667. The molecule has 6 nitrogen and oxygen atoms in total. The molecule has 19 heavy (non-hydrogen) atoms. The molecule has 108 valence electrons. The van der Waals surface area contributed by atoms with Crippen LogP contribution in [0.3, 0.4) is 0 Å². The standard InChI is InChI=1S/3C3H5BrO2.Ga/c3*1-2(4)3(5)6;/h3*2H,1H3,(H,5,6);/q;;;+3/p-3. The fourth-order valence-electron chi connectivity index (χ4n) is 0.638. The van der Waals surface area contributed by atoms with Crippen LogP contribution >= 0.6 is 47.8 Å². The molecule has 0 aromatic heterocycles. The van der Waals surface area contributed by atoms with Crippen LogP contribution in [0.4, 0.5) is 0 Å². The minimum absolute atomic E-state index is 0.583. The molecule has 0 aromatic carbocycles. The number of alkyl halides is 3. The predicted octanol–water partition coefficient (Wildman–Crippen LogP) is 1.95. The first-order valence-electron chi connectivity index (χ1n) is 5.18. The van der Waals surface area contributed by atoms with E-state index in [9.17, 15) is 14.4 Å². The molecule has 0 N–H and O–H groups in total. The van der Waals surface area contributed by atoms with Crippen molar-refractivity contribution < 1.29 is 25.0 Å². The summed E-state index contributed by atoms with van der Waals surface area (Å²) in [5.74, 6) is -1.93. The van der Waals surface area contributed by atoms with Crippen molar-refractivity contribution >= 4 is 83.0 Å². The van der Waals surface area contributed by atoms with Crippen LogP contribution < -0.4 is 0 Å². The van der Waals surface area contributed by atoms with Gasteiger partial charge in [-0.15, -0.1) is 0 Å². The zero-order chi connectivity index (χ0) is 15.2. The van der Waals surface area contributed by atoms with Gasteiger partial charge >= 0.3 is 143 Å². The van der Waals surface area contributed by atoms with Crippen LogP contribution in [0.2, 0.25) is 0 Å². The third kappa shape index (κ3) is 8.38. The van der Waals surface area contributed by atoms with Crippen molar-refractivity contribution in [3.63, 3.8) is 0 Å². The molecule has 0 bridgehead atoms. The maximum absolute atomic E-state index is 11.4. The third-order valence-corrected chi connectivity index (χ3v) is 5.41. The number of hydrogen-bond donors (Lipinski definition) is 0. The Morgan fingerprint density at radius 3 is 1.11 bits per heavy atom. The Morgan fingerprint density at radius 2 is 0.947 bits per heavy atom. The number of carbonyl (C=O) groups excluding carboxylic acids is 3. The summed E-state index contributed by atoms with van der Waals surface area (Å²) in [6.07, 6.45) is 0. The molecule has 0 heterocycles. The van der Waals surface area contributed by atoms with E-state index in [4.69, 9.17) is 10.6 Å². The number of carbonyl (C=O) groups is 3. The van der Waals surface area contributed by atoms with Crippen LogP contribution in [0.25, 0.3) is 0 Å². The molecule has 0 spiro atoms. The molecule has 0 rings (SSSR count). The van der Waals surface area contributed by atoms with E-state index in [-0.39, 0.29) is 0 Å². The molecule has 3 atom stereocenters. The summed E-state index contributed by atoms with van der Waals surface area (Å²) in [4.78, 5) is 32.5. The van der Waals surface area contributed by atoms with Gasteiger partial charge in [0, 0.05) is 0 Å². The Balaban J connectivity index is 4.68. The summed E-state index contributed by atoms with van der Waals surface area (Å²) >= 11 is 5.30. The SMILES string of the molecule is CC(Br)C(=O)[O][Ga]([O]C(=O)C(C)Br)[O]C(=O)C(C)Br. The van der Waals surface area contributed by atoms with E-state index in [0.29, 0.717) is 0 Å². The van der Waals surface area contributed by atoms with Gasteiger partial charge in [0.2, 0.25) is 0 Å². The topological polar surface area (TPSA) is 78.9 Å². The average molecular weight is 526 g/mol. The molecule has 0 aliphatic rings.